The molecule has 0 heterocycles. The molecule has 1 atom stereocenters. The Bertz CT molecular complexity index is 428. The molecule has 0 fully saturated rings. The lowest BCUT2D eigenvalue weighted by Gasteiger charge is -2.14. The van der Waals surface area contributed by atoms with Crippen molar-refractivity contribution in [3.63, 3.8) is 0 Å². The van der Waals surface area contributed by atoms with Crippen molar-refractivity contribution < 1.29 is 19.7 Å². The Kier molecular flexibility index (Phi) is 6.39. The predicted octanol–water partition coefficient (Wildman–Crippen LogP) is 1.56. The highest BCUT2D eigenvalue weighted by Gasteiger charge is 2.08. The predicted molar refractivity (Wildman–Crippen MR) is 71.0 cm³/mol. The normalized spacial score (nSPS) is 11.9. The van der Waals surface area contributed by atoms with Crippen LogP contribution in [0.2, 0.25) is 5.02 Å². The highest BCUT2D eigenvalue weighted by Crippen LogP contribution is 2.16. The highest BCUT2D eigenvalue weighted by atomic mass is 35.5. The third kappa shape index (κ3) is 5.77. The second-order valence-corrected chi connectivity index (χ2v) is 4.56. The molecule has 1 aromatic carbocycles. The van der Waals surface area contributed by atoms with E-state index in [-0.39, 0.29) is 5.57 Å². The Balaban J connectivity index is 2.16. The van der Waals surface area contributed by atoms with E-state index in [1.54, 1.807) is 24.3 Å². The van der Waals surface area contributed by atoms with Crippen molar-refractivity contribution in [3.8, 4) is 5.75 Å². The Hall–Kier alpha value is -1.52. The summed E-state index contributed by atoms with van der Waals surface area (Å²) in [4.78, 5) is 10.4. The quantitative estimate of drug-likeness (QED) is 0.581. The lowest BCUT2D eigenvalue weighted by atomic mass is 10.1. The number of rotatable bonds is 8. The summed E-state index contributed by atoms with van der Waals surface area (Å²) in [5.74, 6) is -0.686. The Morgan fingerprint density at radius 2 is 2.00 bits per heavy atom. The molecule has 4 nitrogen and oxygen atoms in total. The molecule has 104 valence electrons. The van der Waals surface area contributed by atoms with Crippen LogP contribution in [0.3, 0.4) is 0 Å². The standard InChI is InChI=1S/C14H17ClO4/c1-10(14(17)18)13(16)4-2-3-9-19-12-7-5-11(15)6-8-12/h5-8,13,16H,1-4,9H2,(H,17,18)/p-1. The van der Waals surface area contributed by atoms with Gasteiger partial charge in [-0.3, -0.25) is 0 Å². The molecule has 0 aliphatic carbocycles. The summed E-state index contributed by atoms with van der Waals surface area (Å²) < 4.78 is 5.46. The SMILES string of the molecule is C=C(C(=O)[O-])C(O)CCCCOc1ccc(Cl)cc1. The Morgan fingerprint density at radius 3 is 2.58 bits per heavy atom. The van der Waals surface area contributed by atoms with Crippen LogP contribution in [0.25, 0.3) is 0 Å². The van der Waals surface area contributed by atoms with E-state index < -0.39 is 12.1 Å². The Labute approximate surface area is 117 Å². The second-order valence-electron chi connectivity index (χ2n) is 4.13. The number of carboxylic acid groups (broad SMARTS) is 1. The lowest BCUT2D eigenvalue weighted by Crippen LogP contribution is -2.30. The number of aliphatic hydroxyl groups is 1. The van der Waals surface area contributed by atoms with E-state index in [4.69, 9.17) is 16.3 Å². The van der Waals surface area contributed by atoms with Crippen molar-refractivity contribution in [2.45, 2.75) is 25.4 Å². The summed E-state index contributed by atoms with van der Waals surface area (Å²) in [6, 6.07) is 7.03. The minimum atomic E-state index is -1.41. The molecular weight excluding hydrogens is 268 g/mol. The minimum absolute atomic E-state index is 0.279. The first-order valence-electron chi connectivity index (χ1n) is 5.97. The van der Waals surface area contributed by atoms with E-state index >= 15 is 0 Å². The summed E-state index contributed by atoms with van der Waals surface area (Å²) in [6.07, 6.45) is 0.623. The van der Waals surface area contributed by atoms with E-state index in [9.17, 15) is 15.0 Å². The van der Waals surface area contributed by atoms with Gasteiger partial charge in [-0.25, -0.2) is 0 Å². The third-order valence-electron chi connectivity index (χ3n) is 2.62. The molecule has 0 saturated carbocycles. The molecule has 0 aromatic heterocycles. The number of benzene rings is 1. The zero-order chi connectivity index (χ0) is 14.3. The fraction of sp³-hybridized carbons (Fsp3) is 0.357. The van der Waals surface area contributed by atoms with Crippen LogP contribution in [-0.4, -0.2) is 23.8 Å². The van der Waals surface area contributed by atoms with Crippen molar-refractivity contribution in [1.29, 1.82) is 0 Å². The van der Waals surface area contributed by atoms with Crippen molar-refractivity contribution in [2.75, 3.05) is 6.61 Å². The minimum Gasteiger partial charge on any atom is -0.545 e. The van der Waals surface area contributed by atoms with Gasteiger partial charge in [0.25, 0.3) is 0 Å². The third-order valence-corrected chi connectivity index (χ3v) is 2.87. The molecule has 0 aliphatic rings. The van der Waals surface area contributed by atoms with Crippen LogP contribution in [0, 0.1) is 0 Å². The molecule has 1 aromatic rings. The van der Waals surface area contributed by atoms with Gasteiger partial charge in [-0.1, -0.05) is 18.2 Å². The number of hydrogen-bond donors (Lipinski definition) is 1. The zero-order valence-corrected chi connectivity index (χ0v) is 11.2. The van der Waals surface area contributed by atoms with Crippen molar-refractivity contribution >= 4 is 17.6 Å². The van der Waals surface area contributed by atoms with Crippen molar-refractivity contribution in [2.24, 2.45) is 0 Å². The molecular formula is C14H16ClO4-. The van der Waals surface area contributed by atoms with Gasteiger partial charge in [0.15, 0.2) is 0 Å². The van der Waals surface area contributed by atoms with E-state index in [1.807, 2.05) is 0 Å². The maximum absolute atomic E-state index is 10.4. The number of carbonyl (C=O) groups excluding carboxylic acids is 1. The van der Waals surface area contributed by atoms with Gasteiger partial charge in [0.1, 0.15) is 5.75 Å². The van der Waals surface area contributed by atoms with Crippen molar-refractivity contribution in [3.05, 3.63) is 41.4 Å². The lowest BCUT2D eigenvalue weighted by molar-refractivity contribution is -0.300. The van der Waals surface area contributed by atoms with E-state index in [2.05, 4.69) is 6.58 Å². The second kappa shape index (κ2) is 7.81. The monoisotopic (exact) mass is 283 g/mol. The molecule has 0 amide bonds. The molecule has 0 saturated heterocycles. The number of hydrogen-bond acceptors (Lipinski definition) is 4. The number of aliphatic hydroxyl groups excluding tert-OH is 1. The van der Waals surface area contributed by atoms with Crippen molar-refractivity contribution in [1.82, 2.24) is 0 Å². The number of ether oxygens (including phenoxy) is 1. The molecule has 1 unspecified atom stereocenters. The van der Waals surface area contributed by atoms with E-state index in [0.717, 1.165) is 5.75 Å². The topological polar surface area (TPSA) is 69.6 Å². The van der Waals surface area contributed by atoms with Crippen LogP contribution in [0.1, 0.15) is 19.3 Å². The fourth-order valence-electron chi connectivity index (χ4n) is 1.47. The average molecular weight is 284 g/mol. The maximum Gasteiger partial charge on any atom is 0.119 e. The van der Waals surface area contributed by atoms with Crippen LogP contribution in [0.4, 0.5) is 0 Å². The van der Waals surface area contributed by atoms with Gasteiger partial charge >= 0.3 is 0 Å². The van der Waals surface area contributed by atoms with Gasteiger partial charge in [-0.2, -0.15) is 0 Å². The van der Waals surface area contributed by atoms with Gasteiger partial charge < -0.3 is 19.7 Å². The number of carboxylic acids is 1. The van der Waals surface area contributed by atoms with Crippen LogP contribution in [-0.2, 0) is 4.79 Å². The summed E-state index contributed by atoms with van der Waals surface area (Å²) in [5.41, 5.74) is -0.279. The van der Waals surface area contributed by atoms with Crippen LogP contribution in [0.5, 0.6) is 5.75 Å². The number of unbranched alkanes of at least 4 members (excludes halogenated alkanes) is 1. The molecule has 0 bridgehead atoms. The van der Waals surface area contributed by atoms with Gasteiger partial charge in [0.05, 0.1) is 18.7 Å². The summed E-state index contributed by atoms with van der Waals surface area (Å²) >= 11 is 5.74. The smallest absolute Gasteiger partial charge is 0.119 e. The van der Waals surface area contributed by atoms with E-state index in [0.29, 0.717) is 30.9 Å². The summed E-state index contributed by atoms with van der Waals surface area (Å²) in [5, 5.41) is 20.5. The molecule has 19 heavy (non-hydrogen) atoms. The number of halogens is 1. The van der Waals surface area contributed by atoms with Gasteiger partial charge in [0.2, 0.25) is 0 Å². The average Bonchev–Trinajstić information content (AvgIpc) is 2.39. The fourth-order valence-corrected chi connectivity index (χ4v) is 1.60. The molecule has 0 spiro atoms. The Morgan fingerprint density at radius 1 is 1.37 bits per heavy atom. The van der Waals surface area contributed by atoms with Crippen LogP contribution < -0.4 is 9.84 Å². The van der Waals surface area contributed by atoms with Gasteiger partial charge in [-0.15, -0.1) is 0 Å². The first kappa shape index (κ1) is 15.5. The molecule has 0 radical (unpaired) electrons. The van der Waals surface area contributed by atoms with E-state index in [1.165, 1.54) is 0 Å². The first-order chi connectivity index (χ1) is 9.00. The van der Waals surface area contributed by atoms with Crippen LogP contribution >= 0.6 is 11.6 Å². The highest BCUT2D eigenvalue weighted by molar-refractivity contribution is 6.30. The van der Waals surface area contributed by atoms with Gasteiger partial charge in [-0.05, 0) is 49.1 Å². The molecule has 1 rings (SSSR count). The zero-order valence-electron chi connectivity index (χ0n) is 10.5. The van der Waals surface area contributed by atoms with Gasteiger partial charge in [0, 0.05) is 5.02 Å². The molecule has 5 heteroatoms. The number of carbonyl (C=O) groups is 1. The number of aliphatic carboxylic acids is 1. The summed E-state index contributed by atoms with van der Waals surface area (Å²) in [6.45, 7) is 3.75. The molecule has 1 N–H and O–H groups in total. The maximum atomic E-state index is 10.4. The largest absolute Gasteiger partial charge is 0.545 e. The van der Waals surface area contributed by atoms with Crippen LogP contribution in [0.15, 0.2) is 36.4 Å². The molecule has 0 aliphatic heterocycles. The summed E-state index contributed by atoms with van der Waals surface area (Å²) in [7, 11) is 0. The first-order valence-corrected chi connectivity index (χ1v) is 6.35.